The Hall–Kier alpha value is -1.86. The Kier molecular flexibility index (Phi) is 8.99. The third kappa shape index (κ3) is 6.34. The van der Waals surface area contributed by atoms with Crippen LogP contribution in [0.1, 0.15) is 54.0 Å². The summed E-state index contributed by atoms with van der Waals surface area (Å²) >= 11 is 0. The summed E-state index contributed by atoms with van der Waals surface area (Å²) in [6.45, 7) is 15.5. The molecule has 1 aliphatic rings. The minimum absolute atomic E-state index is 0.0557. The Morgan fingerprint density at radius 3 is 2.43 bits per heavy atom. The van der Waals surface area contributed by atoms with Gasteiger partial charge in [-0.25, -0.2) is 4.79 Å². The van der Waals surface area contributed by atoms with Crippen LogP contribution < -0.4 is 5.32 Å². The molecule has 1 aromatic heterocycles. The van der Waals surface area contributed by atoms with Crippen LogP contribution in [0.5, 0.6) is 0 Å². The van der Waals surface area contributed by atoms with Gasteiger partial charge in [-0.05, 0) is 52.3 Å². The van der Waals surface area contributed by atoms with Gasteiger partial charge in [0.15, 0.2) is 0 Å². The Bertz CT molecular complexity index is 648. The molecule has 0 radical (unpaired) electrons. The molecule has 1 amide bonds. The first-order chi connectivity index (χ1) is 13.5. The fourth-order valence-corrected chi connectivity index (χ4v) is 3.76. The molecular formula is C21H36N4O3. The maximum absolute atomic E-state index is 12.2. The van der Waals surface area contributed by atoms with Crippen molar-refractivity contribution in [2.24, 2.45) is 0 Å². The lowest BCUT2D eigenvalue weighted by Gasteiger charge is -2.33. The monoisotopic (exact) mass is 392 g/mol. The predicted molar refractivity (Wildman–Crippen MR) is 111 cm³/mol. The highest BCUT2D eigenvalue weighted by Crippen LogP contribution is 2.20. The van der Waals surface area contributed by atoms with E-state index in [0.29, 0.717) is 31.6 Å². The highest BCUT2D eigenvalue weighted by Gasteiger charge is 2.19. The van der Waals surface area contributed by atoms with Gasteiger partial charge in [0.1, 0.15) is 0 Å². The lowest BCUT2D eigenvalue weighted by Crippen LogP contribution is -2.46. The van der Waals surface area contributed by atoms with E-state index >= 15 is 0 Å². The van der Waals surface area contributed by atoms with Gasteiger partial charge in [0, 0.05) is 50.5 Å². The Morgan fingerprint density at radius 1 is 1.11 bits per heavy atom. The van der Waals surface area contributed by atoms with Crippen LogP contribution in [0.3, 0.4) is 0 Å². The fourth-order valence-electron chi connectivity index (χ4n) is 3.76. The van der Waals surface area contributed by atoms with E-state index < -0.39 is 0 Å². The molecule has 0 atom stereocenters. The molecule has 1 saturated heterocycles. The van der Waals surface area contributed by atoms with Crippen molar-refractivity contribution in [2.75, 3.05) is 52.4 Å². The molecule has 1 fully saturated rings. The first-order valence-corrected chi connectivity index (χ1v) is 10.5. The smallest absolute Gasteiger partial charge is 0.340 e. The molecule has 0 saturated carbocycles. The number of rotatable bonds is 10. The summed E-state index contributed by atoms with van der Waals surface area (Å²) in [5.41, 5.74) is 3.22. The van der Waals surface area contributed by atoms with E-state index in [1.54, 1.807) is 6.92 Å². The fraction of sp³-hybridized carbons (Fsp3) is 0.714. The second-order valence-electron chi connectivity index (χ2n) is 7.43. The number of ether oxygens (including phenoxy) is 1. The van der Waals surface area contributed by atoms with E-state index in [0.717, 1.165) is 62.6 Å². The largest absolute Gasteiger partial charge is 0.462 e. The van der Waals surface area contributed by atoms with E-state index in [4.69, 9.17) is 4.74 Å². The molecule has 1 aliphatic heterocycles. The van der Waals surface area contributed by atoms with Gasteiger partial charge in [-0.1, -0.05) is 6.92 Å². The molecule has 158 valence electrons. The molecular weight excluding hydrogens is 356 g/mol. The number of nitrogens with one attached hydrogen (secondary N) is 2. The van der Waals surface area contributed by atoms with E-state index in [-0.39, 0.29) is 11.9 Å². The summed E-state index contributed by atoms with van der Waals surface area (Å²) in [6, 6.07) is 0. The van der Waals surface area contributed by atoms with Crippen LogP contribution >= 0.6 is 0 Å². The summed E-state index contributed by atoms with van der Waals surface area (Å²) in [5.74, 6) is -0.246. The lowest BCUT2D eigenvalue weighted by molar-refractivity contribution is -0.121. The number of esters is 1. The SMILES string of the molecule is CCOC(=O)c1c(C)[nH]c(CCC(=O)NCCCN2CCN(CC)CC2)c1C. The Balaban J connectivity index is 1.67. The summed E-state index contributed by atoms with van der Waals surface area (Å²) in [4.78, 5) is 32.4. The maximum Gasteiger partial charge on any atom is 0.340 e. The second-order valence-corrected chi connectivity index (χ2v) is 7.43. The molecule has 0 aliphatic carbocycles. The average molecular weight is 393 g/mol. The minimum atomic E-state index is -0.302. The van der Waals surface area contributed by atoms with Crippen molar-refractivity contribution in [3.63, 3.8) is 0 Å². The van der Waals surface area contributed by atoms with Crippen LogP contribution in [0, 0.1) is 13.8 Å². The first kappa shape index (κ1) is 22.4. The van der Waals surface area contributed by atoms with Gasteiger partial charge in [0.05, 0.1) is 12.2 Å². The molecule has 1 aromatic rings. The normalized spacial score (nSPS) is 15.6. The molecule has 0 bridgehead atoms. The number of hydrogen-bond acceptors (Lipinski definition) is 5. The third-order valence-corrected chi connectivity index (χ3v) is 5.51. The van der Waals surface area contributed by atoms with Crippen molar-refractivity contribution >= 4 is 11.9 Å². The number of piperazine rings is 1. The number of H-pyrrole nitrogens is 1. The number of carbonyl (C=O) groups excluding carboxylic acids is 2. The lowest BCUT2D eigenvalue weighted by atomic mass is 10.1. The molecule has 7 nitrogen and oxygen atoms in total. The van der Waals surface area contributed by atoms with Gasteiger partial charge in [-0.15, -0.1) is 0 Å². The van der Waals surface area contributed by atoms with E-state index in [2.05, 4.69) is 27.0 Å². The Labute approximate surface area is 168 Å². The second kappa shape index (κ2) is 11.2. The van der Waals surface area contributed by atoms with Crippen molar-refractivity contribution in [2.45, 2.75) is 47.0 Å². The van der Waals surface area contributed by atoms with Crippen molar-refractivity contribution in [3.8, 4) is 0 Å². The number of nitrogens with zero attached hydrogens (tertiary/aromatic N) is 2. The van der Waals surface area contributed by atoms with Crippen LogP contribution in [0.4, 0.5) is 0 Å². The van der Waals surface area contributed by atoms with Crippen LogP contribution in [-0.2, 0) is 16.0 Å². The number of amides is 1. The quantitative estimate of drug-likeness (QED) is 0.470. The molecule has 2 rings (SSSR count). The third-order valence-electron chi connectivity index (χ3n) is 5.51. The van der Waals surface area contributed by atoms with Crippen molar-refractivity contribution in [1.82, 2.24) is 20.1 Å². The zero-order chi connectivity index (χ0) is 20.5. The highest BCUT2D eigenvalue weighted by atomic mass is 16.5. The molecule has 28 heavy (non-hydrogen) atoms. The number of likely N-dealkylation sites (N-methyl/N-ethyl adjacent to an activating group) is 1. The molecule has 2 N–H and O–H groups in total. The number of carbonyl (C=O) groups is 2. The van der Waals surface area contributed by atoms with Crippen LogP contribution in [-0.4, -0.2) is 79.1 Å². The first-order valence-electron chi connectivity index (χ1n) is 10.5. The average Bonchev–Trinajstić information content (AvgIpc) is 2.97. The summed E-state index contributed by atoms with van der Waals surface area (Å²) in [7, 11) is 0. The van der Waals surface area contributed by atoms with Gasteiger partial charge in [0.2, 0.25) is 5.91 Å². The summed E-state index contributed by atoms with van der Waals surface area (Å²) in [5, 5.41) is 3.01. The van der Waals surface area contributed by atoms with Crippen LogP contribution in [0.2, 0.25) is 0 Å². The van der Waals surface area contributed by atoms with E-state index in [1.165, 1.54) is 0 Å². The van der Waals surface area contributed by atoms with Gasteiger partial charge in [0.25, 0.3) is 0 Å². The van der Waals surface area contributed by atoms with Gasteiger partial charge in [-0.3, -0.25) is 4.79 Å². The van der Waals surface area contributed by atoms with Gasteiger partial charge < -0.3 is 24.8 Å². The van der Waals surface area contributed by atoms with E-state index in [1.807, 2.05) is 13.8 Å². The van der Waals surface area contributed by atoms with Crippen LogP contribution in [0.15, 0.2) is 0 Å². The molecule has 0 unspecified atom stereocenters. The maximum atomic E-state index is 12.2. The van der Waals surface area contributed by atoms with Crippen LogP contribution in [0.25, 0.3) is 0 Å². The zero-order valence-electron chi connectivity index (χ0n) is 17.9. The van der Waals surface area contributed by atoms with Gasteiger partial charge in [-0.2, -0.15) is 0 Å². The van der Waals surface area contributed by atoms with Crippen molar-refractivity contribution < 1.29 is 14.3 Å². The van der Waals surface area contributed by atoms with Gasteiger partial charge >= 0.3 is 5.97 Å². The molecule has 2 heterocycles. The molecule has 0 spiro atoms. The topological polar surface area (TPSA) is 77.7 Å². The Morgan fingerprint density at radius 2 is 1.79 bits per heavy atom. The predicted octanol–water partition coefficient (Wildman–Crippen LogP) is 1.88. The number of aryl methyl sites for hydroxylation is 2. The summed E-state index contributed by atoms with van der Waals surface area (Å²) in [6.07, 6.45) is 1.99. The standard InChI is InChI=1S/C21H36N4O3/c1-5-24-12-14-25(15-13-24)11-7-10-22-19(26)9-8-18-16(3)20(17(4)23-18)21(27)28-6-2/h23H,5-15H2,1-4H3,(H,22,26). The summed E-state index contributed by atoms with van der Waals surface area (Å²) < 4.78 is 5.11. The van der Waals surface area contributed by atoms with Crippen molar-refractivity contribution in [1.29, 1.82) is 0 Å². The minimum Gasteiger partial charge on any atom is -0.462 e. The highest BCUT2D eigenvalue weighted by molar-refractivity contribution is 5.92. The number of aromatic amines is 1. The molecule has 7 heteroatoms. The molecule has 0 aromatic carbocycles. The van der Waals surface area contributed by atoms with Crippen molar-refractivity contribution in [3.05, 3.63) is 22.5 Å². The zero-order valence-corrected chi connectivity index (χ0v) is 17.9. The number of hydrogen-bond donors (Lipinski definition) is 2. The van der Waals surface area contributed by atoms with E-state index in [9.17, 15) is 9.59 Å². The number of aromatic nitrogens is 1.